The Morgan fingerprint density at radius 2 is 1.81 bits per heavy atom. The van der Waals surface area contributed by atoms with Crippen LogP contribution in [0, 0.1) is 0 Å². The quantitative estimate of drug-likeness (QED) is 0.422. The lowest BCUT2D eigenvalue weighted by atomic mass is 10.1. The van der Waals surface area contributed by atoms with Crippen molar-refractivity contribution in [3.05, 3.63) is 75.1 Å². The van der Waals surface area contributed by atoms with Crippen LogP contribution in [-0.2, 0) is 7.05 Å². The van der Waals surface area contributed by atoms with Crippen molar-refractivity contribution >= 4 is 45.9 Å². The minimum atomic E-state index is -0.394. The van der Waals surface area contributed by atoms with Gasteiger partial charge in [-0.25, -0.2) is 4.98 Å². The third kappa shape index (κ3) is 4.34. The van der Waals surface area contributed by atoms with Gasteiger partial charge in [-0.05, 0) is 49.4 Å². The molecule has 0 bridgehead atoms. The largest absolute Gasteiger partial charge is 0.476 e. The Morgan fingerprint density at radius 1 is 1.13 bits per heavy atom. The fourth-order valence-corrected chi connectivity index (χ4v) is 3.80. The van der Waals surface area contributed by atoms with Gasteiger partial charge in [-0.2, -0.15) is 4.98 Å². The molecular weight excluding hydrogens is 437 g/mol. The van der Waals surface area contributed by atoms with E-state index in [4.69, 9.17) is 33.7 Å². The highest BCUT2D eigenvalue weighted by Gasteiger charge is 2.16. The maximum atomic E-state index is 13.0. The van der Waals surface area contributed by atoms with Crippen LogP contribution in [0.1, 0.15) is 6.92 Å². The summed E-state index contributed by atoms with van der Waals surface area (Å²) in [6.07, 6.45) is 1.25. The number of nitrogens with zero attached hydrogens (tertiary/aromatic N) is 3. The number of aryl methyl sites for hydroxylation is 1. The van der Waals surface area contributed by atoms with Gasteiger partial charge in [-0.15, -0.1) is 0 Å². The molecule has 0 fully saturated rings. The minimum absolute atomic E-state index is 0.260. The van der Waals surface area contributed by atoms with Crippen LogP contribution >= 0.6 is 23.2 Å². The molecule has 2 aromatic carbocycles. The lowest BCUT2D eigenvalue weighted by Crippen LogP contribution is -2.22. The number of hydrogen-bond acceptors (Lipinski definition) is 6. The van der Waals surface area contributed by atoms with Gasteiger partial charge in [0.2, 0.25) is 5.95 Å². The minimum Gasteiger partial charge on any atom is -0.476 e. The van der Waals surface area contributed by atoms with Crippen LogP contribution in [0.25, 0.3) is 22.2 Å². The van der Waals surface area contributed by atoms with Crippen molar-refractivity contribution < 1.29 is 4.74 Å². The van der Waals surface area contributed by atoms with Crippen molar-refractivity contribution in [2.75, 3.05) is 5.32 Å². The number of fused-ring (bicyclic) bond motifs is 1. The second kappa shape index (κ2) is 8.55. The van der Waals surface area contributed by atoms with E-state index in [2.05, 4.69) is 15.3 Å². The molecule has 0 aliphatic rings. The zero-order valence-corrected chi connectivity index (χ0v) is 18.3. The molecule has 0 amide bonds. The summed E-state index contributed by atoms with van der Waals surface area (Å²) in [6.45, 7) is 1.75. The molecule has 158 valence electrons. The first kappa shape index (κ1) is 21.1. The van der Waals surface area contributed by atoms with Crippen molar-refractivity contribution in [2.24, 2.45) is 12.8 Å². The average Bonchev–Trinajstić information content (AvgIpc) is 2.73. The fourth-order valence-electron chi connectivity index (χ4n) is 3.20. The van der Waals surface area contributed by atoms with Crippen LogP contribution < -0.4 is 21.3 Å². The summed E-state index contributed by atoms with van der Waals surface area (Å²) >= 11 is 12.6. The Balaban J connectivity index is 1.70. The summed E-state index contributed by atoms with van der Waals surface area (Å²) < 4.78 is 6.89. The SMILES string of the molecule is CC(N)Oc1ccc(Nc2ncc3cc(-c4c(Cl)cccc4Cl)c(=O)n(C)c3n2)cc1. The third-order valence-corrected chi connectivity index (χ3v) is 5.24. The fraction of sp³-hybridized carbons (Fsp3) is 0.136. The van der Waals surface area contributed by atoms with Gasteiger partial charge in [-0.1, -0.05) is 29.3 Å². The second-order valence-electron chi connectivity index (χ2n) is 6.96. The van der Waals surface area contributed by atoms with Crippen LogP contribution in [0.5, 0.6) is 5.75 Å². The lowest BCUT2D eigenvalue weighted by molar-refractivity contribution is 0.230. The van der Waals surface area contributed by atoms with Crippen molar-refractivity contribution in [1.82, 2.24) is 14.5 Å². The van der Waals surface area contributed by atoms with E-state index in [0.29, 0.717) is 43.9 Å². The van der Waals surface area contributed by atoms with Crippen LogP contribution in [0.4, 0.5) is 11.6 Å². The molecule has 0 saturated heterocycles. The van der Waals surface area contributed by atoms with Crippen LogP contribution in [-0.4, -0.2) is 20.8 Å². The summed E-state index contributed by atoms with van der Waals surface area (Å²) in [5.74, 6) is 1.01. The summed E-state index contributed by atoms with van der Waals surface area (Å²) in [5, 5.41) is 4.61. The Morgan fingerprint density at radius 3 is 2.45 bits per heavy atom. The molecule has 2 aromatic heterocycles. The molecule has 2 heterocycles. The first-order valence-corrected chi connectivity index (χ1v) is 10.2. The van der Waals surface area contributed by atoms with E-state index in [-0.39, 0.29) is 5.56 Å². The van der Waals surface area contributed by atoms with Crippen molar-refractivity contribution in [1.29, 1.82) is 0 Å². The molecule has 3 N–H and O–H groups in total. The van der Waals surface area contributed by atoms with Crippen LogP contribution in [0.15, 0.2) is 59.5 Å². The number of ether oxygens (including phenoxy) is 1. The van der Waals surface area contributed by atoms with Crippen molar-refractivity contribution in [3.8, 4) is 16.9 Å². The smallest absolute Gasteiger partial charge is 0.259 e. The summed E-state index contributed by atoms with van der Waals surface area (Å²) in [6, 6.07) is 14.1. The number of aromatic nitrogens is 3. The molecule has 1 unspecified atom stereocenters. The number of anilines is 2. The monoisotopic (exact) mass is 455 g/mol. The van der Waals surface area contributed by atoms with E-state index in [9.17, 15) is 4.79 Å². The van der Waals surface area contributed by atoms with Gasteiger partial charge < -0.3 is 10.1 Å². The first-order valence-electron chi connectivity index (χ1n) is 9.44. The van der Waals surface area contributed by atoms with Gasteiger partial charge in [0.1, 0.15) is 17.6 Å². The van der Waals surface area contributed by atoms with Gasteiger partial charge in [0.25, 0.3) is 5.56 Å². The van der Waals surface area contributed by atoms with Gasteiger partial charge in [0.15, 0.2) is 0 Å². The van der Waals surface area contributed by atoms with E-state index < -0.39 is 6.23 Å². The zero-order chi connectivity index (χ0) is 22.1. The number of rotatable bonds is 5. The highest BCUT2D eigenvalue weighted by molar-refractivity contribution is 6.39. The molecule has 0 aliphatic carbocycles. The topological polar surface area (TPSA) is 95.1 Å². The predicted octanol–water partition coefficient (Wildman–Crippen LogP) is 4.73. The maximum absolute atomic E-state index is 13.0. The molecule has 1 atom stereocenters. The molecule has 0 aliphatic heterocycles. The van der Waals surface area contributed by atoms with Crippen molar-refractivity contribution in [3.63, 3.8) is 0 Å². The van der Waals surface area contributed by atoms with Crippen LogP contribution in [0.3, 0.4) is 0 Å². The summed E-state index contributed by atoms with van der Waals surface area (Å²) in [5.41, 5.74) is 7.49. The molecule has 0 spiro atoms. The Kier molecular flexibility index (Phi) is 5.82. The second-order valence-corrected chi connectivity index (χ2v) is 7.78. The van der Waals surface area contributed by atoms with Gasteiger partial charge in [0, 0.05) is 29.9 Å². The zero-order valence-electron chi connectivity index (χ0n) is 16.8. The molecular formula is C22H19Cl2N5O2. The van der Waals surface area contributed by atoms with E-state index in [0.717, 1.165) is 5.69 Å². The van der Waals surface area contributed by atoms with Gasteiger partial charge in [-0.3, -0.25) is 15.1 Å². The average molecular weight is 456 g/mol. The van der Waals surface area contributed by atoms with Crippen LogP contribution in [0.2, 0.25) is 10.0 Å². The Labute approximate surface area is 188 Å². The Bertz CT molecular complexity index is 1300. The highest BCUT2D eigenvalue weighted by atomic mass is 35.5. The van der Waals surface area contributed by atoms with Gasteiger partial charge in [0.05, 0.1) is 15.6 Å². The lowest BCUT2D eigenvalue weighted by Gasteiger charge is -2.12. The van der Waals surface area contributed by atoms with E-state index in [1.807, 2.05) is 12.1 Å². The summed E-state index contributed by atoms with van der Waals surface area (Å²) in [7, 11) is 1.65. The molecule has 4 aromatic rings. The number of benzene rings is 2. The van der Waals surface area contributed by atoms with E-state index in [1.165, 1.54) is 4.57 Å². The van der Waals surface area contributed by atoms with E-state index in [1.54, 1.807) is 56.6 Å². The van der Waals surface area contributed by atoms with E-state index >= 15 is 0 Å². The van der Waals surface area contributed by atoms with Crippen molar-refractivity contribution in [2.45, 2.75) is 13.2 Å². The molecule has 4 rings (SSSR count). The number of halogens is 2. The number of nitrogens with one attached hydrogen (secondary N) is 1. The third-order valence-electron chi connectivity index (χ3n) is 4.61. The number of hydrogen-bond donors (Lipinski definition) is 2. The van der Waals surface area contributed by atoms with Gasteiger partial charge >= 0.3 is 0 Å². The maximum Gasteiger partial charge on any atom is 0.259 e. The molecule has 7 nitrogen and oxygen atoms in total. The number of pyridine rings is 1. The molecule has 31 heavy (non-hydrogen) atoms. The number of nitrogens with two attached hydrogens (primary N) is 1. The standard InChI is InChI=1S/C22H19Cl2N5O2/c1-12(25)31-15-8-6-14(7-9-15)27-22-26-11-13-10-16(21(30)29(2)20(13)28-22)19-17(23)4-3-5-18(19)24/h3-12H,25H2,1-2H3,(H,26,27,28). The molecule has 0 saturated carbocycles. The summed E-state index contributed by atoms with van der Waals surface area (Å²) in [4.78, 5) is 21.9. The first-order chi connectivity index (χ1) is 14.8. The predicted molar refractivity (Wildman–Crippen MR) is 124 cm³/mol. The Hall–Kier alpha value is -3.13. The highest BCUT2D eigenvalue weighted by Crippen LogP contribution is 2.33. The molecule has 9 heteroatoms. The molecule has 0 radical (unpaired) electrons. The normalized spacial score (nSPS) is 12.0.